The van der Waals surface area contributed by atoms with Gasteiger partial charge in [-0.15, -0.1) is 0 Å². The summed E-state index contributed by atoms with van der Waals surface area (Å²) in [7, 11) is 0. The van der Waals surface area contributed by atoms with Gasteiger partial charge in [0.2, 0.25) is 0 Å². The van der Waals surface area contributed by atoms with Crippen LogP contribution in [0.25, 0.3) is 0 Å². The van der Waals surface area contributed by atoms with E-state index >= 15 is 0 Å². The molecule has 7 heteroatoms. The molecule has 0 aliphatic carbocycles. The van der Waals surface area contributed by atoms with Crippen LogP contribution in [-0.4, -0.2) is 16.4 Å². The normalized spacial score (nSPS) is 11.0. The summed E-state index contributed by atoms with van der Waals surface area (Å²) in [5.74, 6) is 0. The summed E-state index contributed by atoms with van der Waals surface area (Å²) in [5.41, 5.74) is 14.1. The van der Waals surface area contributed by atoms with Crippen LogP contribution in [0.3, 0.4) is 0 Å². The average molecular weight is 662 g/mol. The van der Waals surface area contributed by atoms with Crippen molar-refractivity contribution < 1.29 is 78.1 Å². The molecule has 0 amide bonds. The minimum atomic E-state index is 0. The van der Waals surface area contributed by atoms with Gasteiger partial charge in [-0.2, -0.15) is 0 Å². The summed E-state index contributed by atoms with van der Waals surface area (Å²) in [5, 5.41) is 0. The number of aliphatic imine (C=N–C) groups is 2. The first kappa shape index (κ1) is 36.3. The van der Waals surface area contributed by atoms with Crippen molar-refractivity contribution in [2.45, 2.75) is 62.3 Å². The molecule has 0 spiro atoms. The maximum absolute atomic E-state index is 4.95. The number of pyridine rings is 1. The molecule has 0 bridgehead atoms. The molecule has 0 aliphatic heterocycles. The number of rotatable bonds is 4. The fourth-order valence-corrected chi connectivity index (χ4v) is 4.19. The Balaban J connectivity index is 0. The molecule has 0 unspecified atom stereocenters. The van der Waals surface area contributed by atoms with E-state index in [0.29, 0.717) is 0 Å². The number of hydrogen-bond acceptors (Lipinski definition) is 3. The fraction of sp³-hybridized carbons (Fsp3) is 0.321. The third-order valence-corrected chi connectivity index (χ3v) is 5.54. The molecule has 1 aromatic heterocycles. The molecule has 0 atom stereocenters. The van der Waals surface area contributed by atoms with Crippen molar-refractivity contribution in [3.8, 4) is 0 Å². The van der Waals surface area contributed by atoms with Gasteiger partial charge in [0.1, 0.15) is 0 Å². The number of hydrogen-bond donors (Lipinski definition) is 0. The largest absolute Gasteiger partial charge is 3.00 e. The molecule has 1 radical (unpaired) electrons. The van der Waals surface area contributed by atoms with Gasteiger partial charge in [-0.05, 0) is 102 Å². The number of halogens is 3. The van der Waals surface area contributed by atoms with Crippen LogP contribution in [0.4, 0.5) is 11.4 Å². The zero-order valence-corrected chi connectivity index (χ0v) is 27.4. The van der Waals surface area contributed by atoms with Crippen molar-refractivity contribution >= 4 is 22.8 Å². The average Bonchev–Trinajstić information content (AvgIpc) is 2.66. The predicted molar refractivity (Wildman–Crippen MR) is 134 cm³/mol. The van der Waals surface area contributed by atoms with Gasteiger partial charge in [-0.25, -0.2) is 4.98 Å². The van der Waals surface area contributed by atoms with Crippen LogP contribution in [0, 0.1) is 89.3 Å². The summed E-state index contributed by atoms with van der Waals surface area (Å²) in [6, 6.07) is 12.9. The summed E-state index contributed by atoms with van der Waals surface area (Å²) in [4.78, 5) is 14.8. The molecule has 3 rings (SSSR count). The quantitative estimate of drug-likeness (QED) is 0.315. The first-order valence-electron chi connectivity index (χ1n) is 10.8. The van der Waals surface area contributed by atoms with Gasteiger partial charge in [0.15, 0.2) is 0 Å². The first-order valence-corrected chi connectivity index (χ1v) is 10.8. The van der Waals surface area contributed by atoms with Gasteiger partial charge in [-0.1, -0.05) is 35.4 Å². The smallest absolute Gasteiger partial charge is 1.00 e. The Morgan fingerprint density at radius 3 is 1.06 bits per heavy atom. The van der Waals surface area contributed by atoms with Crippen LogP contribution in [-0.2, 0) is 0 Å². The Morgan fingerprint density at radius 2 is 0.771 bits per heavy atom. The molecule has 185 valence electrons. The van der Waals surface area contributed by atoms with E-state index in [9.17, 15) is 0 Å². The van der Waals surface area contributed by atoms with Crippen LogP contribution in [0.2, 0.25) is 0 Å². The Kier molecular flexibility index (Phi) is 16.0. The second-order valence-corrected chi connectivity index (χ2v) is 8.80. The molecular formula is C28H33Cl3N3Nd. The van der Waals surface area contributed by atoms with E-state index in [2.05, 4.69) is 84.9 Å². The van der Waals surface area contributed by atoms with Crippen LogP contribution in [0.15, 0.2) is 46.4 Å². The number of nitrogens with zero attached hydrogens (tertiary/aromatic N) is 3. The summed E-state index contributed by atoms with van der Waals surface area (Å²) >= 11 is 0. The van der Waals surface area contributed by atoms with Crippen molar-refractivity contribution in [2.75, 3.05) is 0 Å². The standard InChI is InChI=1S/C28H33N3.3ClH.Nd/c1-16-10-19(4)27(20(5)11-16)29-23(8)25-14-18(3)15-26(31-25)24(9)30-28-21(6)12-17(2)13-22(28)7;;;;/h10-15H,1-9H3;3*1H;/q;;;;+3/p-3. The van der Waals surface area contributed by atoms with Crippen molar-refractivity contribution in [1.82, 2.24) is 4.98 Å². The van der Waals surface area contributed by atoms with Crippen molar-refractivity contribution in [1.29, 1.82) is 0 Å². The Morgan fingerprint density at radius 1 is 0.514 bits per heavy atom. The summed E-state index contributed by atoms with van der Waals surface area (Å²) in [6.07, 6.45) is 0. The Hall–Kier alpha value is -0.849. The summed E-state index contributed by atoms with van der Waals surface area (Å²) < 4.78 is 0. The van der Waals surface area contributed by atoms with E-state index < -0.39 is 0 Å². The van der Waals surface area contributed by atoms with E-state index in [1.807, 2.05) is 13.8 Å². The third-order valence-electron chi connectivity index (χ3n) is 5.54. The topological polar surface area (TPSA) is 37.6 Å². The van der Waals surface area contributed by atoms with E-state index in [1.54, 1.807) is 0 Å². The molecular weight excluding hydrogens is 629 g/mol. The third kappa shape index (κ3) is 9.19. The van der Waals surface area contributed by atoms with Gasteiger partial charge in [0, 0.05) is 0 Å². The van der Waals surface area contributed by atoms with E-state index in [1.165, 1.54) is 33.4 Å². The zero-order valence-electron chi connectivity index (χ0n) is 21.9. The molecule has 0 N–H and O–H groups in total. The molecule has 0 aliphatic rings. The molecule has 35 heavy (non-hydrogen) atoms. The molecule has 0 saturated carbocycles. The van der Waals surface area contributed by atoms with Crippen LogP contribution < -0.4 is 37.2 Å². The second-order valence-electron chi connectivity index (χ2n) is 8.80. The maximum Gasteiger partial charge on any atom is 3.00 e. The first-order chi connectivity index (χ1) is 14.5. The Bertz CT molecular complexity index is 1100. The van der Waals surface area contributed by atoms with Crippen molar-refractivity contribution in [3.05, 3.63) is 86.7 Å². The number of benzene rings is 2. The van der Waals surface area contributed by atoms with Crippen molar-refractivity contribution in [3.63, 3.8) is 0 Å². The van der Waals surface area contributed by atoms with E-state index in [-0.39, 0.29) is 78.1 Å². The van der Waals surface area contributed by atoms with Gasteiger partial charge in [0.25, 0.3) is 0 Å². The van der Waals surface area contributed by atoms with Gasteiger partial charge >= 0.3 is 40.8 Å². The molecule has 0 saturated heterocycles. The summed E-state index contributed by atoms with van der Waals surface area (Å²) in [6.45, 7) is 18.9. The molecule has 1 heterocycles. The molecule has 3 nitrogen and oxygen atoms in total. The van der Waals surface area contributed by atoms with Crippen LogP contribution in [0.5, 0.6) is 0 Å². The van der Waals surface area contributed by atoms with Crippen molar-refractivity contribution in [2.24, 2.45) is 9.98 Å². The van der Waals surface area contributed by atoms with E-state index in [0.717, 1.165) is 39.7 Å². The van der Waals surface area contributed by atoms with Crippen LogP contribution >= 0.6 is 0 Å². The maximum atomic E-state index is 4.95. The van der Waals surface area contributed by atoms with Gasteiger partial charge in [0.05, 0.1) is 34.2 Å². The molecule has 2 aromatic carbocycles. The SMILES string of the molecule is CC(=Nc1c(C)cc(C)cc1C)c1cc(C)cc(C(C)=Nc2c(C)cc(C)cc2C)n1.[Cl-].[Cl-].[Cl-].[Nd+3]. The van der Waals surface area contributed by atoms with Gasteiger partial charge < -0.3 is 37.2 Å². The second kappa shape index (κ2) is 15.4. The van der Waals surface area contributed by atoms with E-state index in [4.69, 9.17) is 15.0 Å². The number of aryl methyl sites for hydroxylation is 7. The van der Waals surface area contributed by atoms with Crippen LogP contribution in [0.1, 0.15) is 64.2 Å². The minimum absolute atomic E-state index is 0. The monoisotopic (exact) mass is 658 g/mol. The zero-order chi connectivity index (χ0) is 22.9. The molecule has 0 fully saturated rings. The van der Waals surface area contributed by atoms with Gasteiger partial charge in [-0.3, -0.25) is 9.98 Å². The Labute approximate surface area is 262 Å². The minimum Gasteiger partial charge on any atom is -1.00 e. The predicted octanol–water partition coefficient (Wildman–Crippen LogP) is -1.47. The fourth-order valence-electron chi connectivity index (χ4n) is 4.19. The number of aromatic nitrogens is 1. The molecule has 3 aromatic rings.